The van der Waals surface area contributed by atoms with Gasteiger partial charge in [0.1, 0.15) is 12.2 Å². The molecule has 2 heterocycles. The smallest absolute Gasteiger partial charge is 0.140 e. The molecule has 0 saturated carbocycles. The van der Waals surface area contributed by atoms with Gasteiger partial charge < -0.3 is 9.30 Å². The lowest BCUT2D eigenvalue weighted by Crippen LogP contribution is -2.34. The maximum Gasteiger partial charge on any atom is 0.140 e. The van der Waals surface area contributed by atoms with Crippen molar-refractivity contribution in [3.63, 3.8) is 0 Å². The molecule has 1 aliphatic rings. The van der Waals surface area contributed by atoms with Crippen LogP contribution in [0, 0.1) is 5.92 Å². The zero-order chi connectivity index (χ0) is 13.4. The molecule has 0 amide bonds. The molecular formula is C13H13BrClN3O. The molecule has 1 saturated heterocycles. The van der Waals surface area contributed by atoms with Crippen molar-refractivity contribution in [2.24, 2.45) is 13.0 Å². The molecule has 3 rings (SSSR count). The zero-order valence-electron chi connectivity index (χ0n) is 10.4. The van der Waals surface area contributed by atoms with Crippen molar-refractivity contribution in [3.8, 4) is 0 Å². The highest BCUT2D eigenvalue weighted by atomic mass is 79.9. The van der Waals surface area contributed by atoms with E-state index in [-0.39, 0.29) is 5.92 Å². The lowest BCUT2D eigenvalue weighted by atomic mass is 9.84. The van der Waals surface area contributed by atoms with Crippen molar-refractivity contribution < 1.29 is 4.74 Å². The van der Waals surface area contributed by atoms with E-state index in [9.17, 15) is 0 Å². The van der Waals surface area contributed by atoms with Crippen molar-refractivity contribution in [2.75, 3.05) is 13.2 Å². The Labute approximate surface area is 124 Å². The van der Waals surface area contributed by atoms with Gasteiger partial charge in [-0.05, 0) is 23.8 Å². The Kier molecular flexibility index (Phi) is 3.60. The van der Waals surface area contributed by atoms with Crippen LogP contribution in [0.1, 0.15) is 17.3 Å². The predicted octanol–water partition coefficient (Wildman–Crippen LogP) is 3.01. The minimum absolute atomic E-state index is 0.163. The number of aromatic nitrogens is 3. The van der Waals surface area contributed by atoms with Crippen LogP contribution >= 0.6 is 27.5 Å². The summed E-state index contributed by atoms with van der Waals surface area (Å²) in [6, 6.07) is 5.96. The lowest BCUT2D eigenvalue weighted by molar-refractivity contribution is -0.0407. The molecule has 100 valence electrons. The maximum atomic E-state index is 6.16. The second kappa shape index (κ2) is 5.23. The molecule has 1 atom stereocenters. The van der Waals surface area contributed by atoms with E-state index in [4.69, 9.17) is 16.3 Å². The van der Waals surface area contributed by atoms with Gasteiger partial charge in [-0.2, -0.15) is 0 Å². The zero-order valence-corrected chi connectivity index (χ0v) is 12.7. The number of nitrogens with zero attached hydrogens (tertiary/aromatic N) is 3. The monoisotopic (exact) mass is 341 g/mol. The highest BCUT2D eigenvalue weighted by Crippen LogP contribution is 2.37. The fourth-order valence-electron chi connectivity index (χ4n) is 2.41. The second-order valence-electron chi connectivity index (χ2n) is 4.78. The summed E-state index contributed by atoms with van der Waals surface area (Å²) in [4.78, 5) is 0. The molecule has 1 fully saturated rings. The Hall–Kier alpha value is -0.910. The molecule has 6 heteroatoms. The van der Waals surface area contributed by atoms with Gasteiger partial charge in [0.05, 0.1) is 19.1 Å². The van der Waals surface area contributed by atoms with Gasteiger partial charge in [0.25, 0.3) is 0 Å². The van der Waals surface area contributed by atoms with Gasteiger partial charge in [-0.1, -0.05) is 27.5 Å². The van der Waals surface area contributed by atoms with Gasteiger partial charge in [-0.3, -0.25) is 0 Å². The molecule has 19 heavy (non-hydrogen) atoms. The number of benzene rings is 1. The Bertz CT molecular complexity index is 577. The average molecular weight is 343 g/mol. The van der Waals surface area contributed by atoms with Crippen LogP contribution in [0.3, 0.4) is 0 Å². The van der Waals surface area contributed by atoms with Gasteiger partial charge in [0.15, 0.2) is 0 Å². The van der Waals surface area contributed by atoms with Crippen molar-refractivity contribution in [1.82, 2.24) is 14.8 Å². The van der Waals surface area contributed by atoms with Crippen LogP contribution < -0.4 is 0 Å². The van der Waals surface area contributed by atoms with Gasteiger partial charge in [-0.15, -0.1) is 10.2 Å². The summed E-state index contributed by atoms with van der Waals surface area (Å²) in [7, 11) is 1.96. The van der Waals surface area contributed by atoms with E-state index in [1.54, 1.807) is 6.33 Å². The number of hydrogen-bond acceptors (Lipinski definition) is 3. The Balaban J connectivity index is 2.06. The summed E-state index contributed by atoms with van der Waals surface area (Å²) in [5.74, 6) is 1.53. The topological polar surface area (TPSA) is 39.9 Å². The van der Waals surface area contributed by atoms with E-state index >= 15 is 0 Å². The minimum atomic E-state index is 0.163. The van der Waals surface area contributed by atoms with E-state index in [1.165, 1.54) is 0 Å². The first kappa shape index (κ1) is 13.1. The summed E-state index contributed by atoms with van der Waals surface area (Å²) in [6.07, 6.45) is 1.72. The van der Waals surface area contributed by atoms with Gasteiger partial charge >= 0.3 is 0 Å². The molecule has 2 aromatic rings. The van der Waals surface area contributed by atoms with E-state index in [0.29, 0.717) is 5.92 Å². The highest BCUT2D eigenvalue weighted by Gasteiger charge is 2.34. The molecule has 1 aromatic carbocycles. The molecule has 0 bridgehead atoms. The second-order valence-corrected chi connectivity index (χ2v) is 6.13. The first-order valence-corrected chi connectivity index (χ1v) is 7.20. The highest BCUT2D eigenvalue weighted by molar-refractivity contribution is 9.10. The van der Waals surface area contributed by atoms with Crippen molar-refractivity contribution in [3.05, 3.63) is 45.4 Å². The third-order valence-electron chi connectivity index (χ3n) is 3.40. The standard InChI is InChI=1S/C13H13BrClN3O/c1-18-7-16-17-13(18)12(9-5-19-6-9)8-2-10(14)4-11(15)3-8/h2-4,7,9,12H,5-6H2,1H3. The molecule has 0 radical (unpaired) electrons. The van der Waals surface area contributed by atoms with Crippen LogP contribution in [0.2, 0.25) is 5.02 Å². The third-order valence-corrected chi connectivity index (χ3v) is 4.08. The fourth-order valence-corrected chi connectivity index (χ4v) is 3.29. The van der Waals surface area contributed by atoms with Gasteiger partial charge in [0, 0.05) is 22.5 Å². The summed E-state index contributed by atoms with van der Waals surface area (Å²) in [5, 5.41) is 8.95. The van der Waals surface area contributed by atoms with Gasteiger partial charge in [0.2, 0.25) is 0 Å². The minimum Gasteiger partial charge on any atom is -0.381 e. The number of rotatable bonds is 3. The summed E-state index contributed by atoms with van der Waals surface area (Å²) >= 11 is 9.65. The van der Waals surface area contributed by atoms with Crippen molar-refractivity contribution in [1.29, 1.82) is 0 Å². The van der Waals surface area contributed by atoms with E-state index in [2.05, 4.69) is 32.2 Å². The van der Waals surface area contributed by atoms with Crippen LogP contribution in [0.15, 0.2) is 29.0 Å². The van der Waals surface area contributed by atoms with Crippen molar-refractivity contribution in [2.45, 2.75) is 5.92 Å². The van der Waals surface area contributed by atoms with Gasteiger partial charge in [-0.25, -0.2) is 0 Å². The molecule has 1 aliphatic heterocycles. The molecule has 0 spiro atoms. The molecule has 0 aliphatic carbocycles. The van der Waals surface area contributed by atoms with E-state index in [0.717, 1.165) is 34.1 Å². The van der Waals surface area contributed by atoms with Crippen molar-refractivity contribution >= 4 is 27.5 Å². The largest absolute Gasteiger partial charge is 0.381 e. The van der Waals surface area contributed by atoms with Crippen LogP contribution in [0.5, 0.6) is 0 Å². The number of halogens is 2. The predicted molar refractivity (Wildman–Crippen MR) is 76.3 cm³/mol. The summed E-state index contributed by atoms with van der Waals surface area (Å²) < 4.78 is 8.26. The van der Waals surface area contributed by atoms with Crippen LogP contribution in [-0.2, 0) is 11.8 Å². The summed E-state index contributed by atoms with van der Waals surface area (Å²) in [6.45, 7) is 1.50. The molecule has 1 aromatic heterocycles. The maximum absolute atomic E-state index is 6.16. The Morgan fingerprint density at radius 1 is 1.42 bits per heavy atom. The normalized spacial score (nSPS) is 17.2. The summed E-state index contributed by atoms with van der Waals surface area (Å²) in [5.41, 5.74) is 1.14. The fraction of sp³-hybridized carbons (Fsp3) is 0.385. The third kappa shape index (κ3) is 2.55. The van der Waals surface area contributed by atoms with E-state index < -0.39 is 0 Å². The Morgan fingerprint density at radius 2 is 2.21 bits per heavy atom. The lowest BCUT2D eigenvalue weighted by Gasteiger charge is -2.33. The first-order chi connectivity index (χ1) is 9.15. The number of ether oxygens (including phenoxy) is 1. The quantitative estimate of drug-likeness (QED) is 0.861. The number of hydrogen-bond donors (Lipinski definition) is 0. The average Bonchev–Trinajstić information content (AvgIpc) is 2.68. The molecule has 0 N–H and O–H groups in total. The Morgan fingerprint density at radius 3 is 2.74 bits per heavy atom. The SMILES string of the molecule is Cn1cnnc1C(c1cc(Cl)cc(Br)c1)C1COC1. The van der Waals surface area contributed by atoms with E-state index in [1.807, 2.05) is 23.7 Å². The van der Waals surface area contributed by atoms with Crippen LogP contribution in [0.25, 0.3) is 0 Å². The van der Waals surface area contributed by atoms with Crippen LogP contribution in [-0.4, -0.2) is 28.0 Å². The molecule has 4 nitrogen and oxygen atoms in total. The van der Waals surface area contributed by atoms with Crippen LogP contribution in [0.4, 0.5) is 0 Å². The molecule has 1 unspecified atom stereocenters. The number of aryl methyl sites for hydroxylation is 1. The first-order valence-electron chi connectivity index (χ1n) is 6.03. The molecular weight excluding hydrogens is 330 g/mol.